The van der Waals surface area contributed by atoms with Crippen molar-refractivity contribution in [1.29, 1.82) is 0 Å². The van der Waals surface area contributed by atoms with E-state index in [0.29, 0.717) is 19.8 Å². The molecule has 1 aromatic carbocycles. The van der Waals surface area contributed by atoms with Gasteiger partial charge in [-0.05, 0) is 24.6 Å². The predicted molar refractivity (Wildman–Crippen MR) is 70.0 cm³/mol. The highest BCUT2D eigenvalue weighted by molar-refractivity contribution is 5.30. The summed E-state index contributed by atoms with van der Waals surface area (Å²) in [6.07, 6.45) is 0.159. The van der Waals surface area contributed by atoms with Crippen LogP contribution in [-0.4, -0.2) is 39.6 Å². The van der Waals surface area contributed by atoms with Crippen molar-refractivity contribution in [3.63, 3.8) is 0 Å². The lowest BCUT2D eigenvalue weighted by molar-refractivity contribution is -0.0869. The molecular formula is C14H21NO3. The van der Waals surface area contributed by atoms with Gasteiger partial charge in [-0.2, -0.15) is 0 Å². The molecule has 100 valence electrons. The molecule has 0 bridgehead atoms. The Morgan fingerprint density at radius 3 is 3.06 bits per heavy atom. The van der Waals surface area contributed by atoms with Crippen molar-refractivity contribution in [3.8, 4) is 5.75 Å². The van der Waals surface area contributed by atoms with Crippen molar-refractivity contribution in [2.24, 2.45) is 0 Å². The number of hydrogen-bond acceptors (Lipinski definition) is 4. The molecule has 2 rings (SSSR count). The van der Waals surface area contributed by atoms with Gasteiger partial charge in [-0.25, -0.2) is 0 Å². The molecule has 1 saturated heterocycles. The average molecular weight is 251 g/mol. The van der Waals surface area contributed by atoms with Crippen LogP contribution in [0, 0.1) is 0 Å². The fourth-order valence-corrected chi connectivity index (χ4v) is 1.99. The third kappa shape index (κ3) is 3.70. The average Bonchev–Trinajstić information content (AvgIpc) is 2.46. The van der Waals surface area contributed by atoms with E-state index in [1.54, 1.807) is 7.11 Å². The van der Waals surface area contributed by atoms with Gasteiger partial charge in [0.1, 0.15) is 5.75 Å². The van der Waals surface area contributed by atoms with Crippen molar-refractivity contribution in [2.45, 2.75) is 19.1 Å². The first-order chi connectivity index (χ1) is 8.79. The summed E-state index contributed by atoms with van der Waals surface area (Å²) in [5.74, 6) is 0.887. The molecule has 2 atom stereocenters. The summed E-state index contributed by atoms with van der Waals surface area (Å²) in [4.78, 5) is 0. The first kappa shape index (κ1) is 13.3. The summed E-state index contributed by atoms with van der Waals surface area (Å²) >= 11 is 0. The second kappa shape index (κ2) is 6.73. The Hall–Kier alpha value is -1.10. The van der Waals surface area contributed by atoms with Crippen LogP contribution in [0.5, 0.6) is 5.75 Å². The lowest BCUT2D eigenvalue weighted by atomic mass is 10.1. The molecule has 0 aromatic heterocycles. The molecule has 2 unspecified atom stereocenters. The minimum atomic E-state index is 0.159. The maximum atomic E-state index is 5.60. The molecule has 0 amide bonds. The molecular weight excluding hydrogens is 230 g/mol. The van der Waals surface area contributed by atoms with Crippen LogP contribution in [0.2, 0.25) is 0 Å². The van der Waals surface area contributed by atoms with Gasteiger partial charge in [0.05, 0.1) is 33.0 Å². The topological polar surface area (TPSA) is 39.7 Å². The van der Waals surface area contributed by atoms with Crippen LogP contribution in [0.4, 0.5) is 0 Å². The van der Waals surface area contributed by atoms with E-state index in [0.717, 1.165) is 12.3 Å². The molecule has 1 fully saturated rings. The van der Waals surface area contributed by atoms with Crippen molar-refractivity contribution in [3.05, 3.63) is 29.8 Å². The number of benzene rings is 1. The van der Waals surface area contributed by atoms with Crippen LogP contribution in [0.3, 0.4) is 0 Å². The Bertz CT molecular complexity index is 364. The van der Waals surface area contributed by atoms with Crippen molar-refractivity contribution in [2.75, 3.05) is 33.5 Å². The number of nitrogens with one attached hydrogen (secondary N) is 1. The highest BCUT2D eigenvalue weighted by atomic mass is 16.6. The molecule has 1 aromatic rings. The molecule has 1 aliphatic rings. The number of hydrogen-bond donors (Lipinski definition) is 1. The fourth-order valence-electron chi connectivity index (χ4n) is 1.99. The second-order valence-corrected chi connectivity index (χ2v) is 4.47. The van der Waals surface area contributed by atoms with Crippen LogP contribution in [-0.2, 0) is 9.47 Å². The molecule has 4 nitrogen and oxygen atoms in total. The van der Waals surface area contributed by atoms with Gasteiger partial charge in [0.25, 0.3) is 0 Å². The largest absolute Gasteiger partial charge is 0.497 e. The van der Waals surface area contributed by atoms with E-state index in [2.05, 4.69) is 24.4 Å². The van der Waals surface area contributed by atoms with E-state index in [4.69, 9.17) is 14.2 Å². The lowest BCUT2D eigenvalue weighted by Crippen LogP contribution is -2.38. The van der Waals surface area contributed by atoms with Crippen LogP contribution in [0.25, 0.3) is 0 Å². The van der Waals surface area contributed by atoms with Crippen LogP contribution in [0.1, 0.15) is 18.5 Å². The Balaban J connectivity index is 1.84. The molecule has 0 spiro atoms. The van der Waals surface area contributed by atoms with Crippen molar-refractivity contribution < 1.29 is 14.2 Å². The number of methoxy groups -OCH3 is 1. The molecule has 0 saturated carbocycles. The summed E-state index contributed by atoms with van der Waals surface area (Å²) in [5.41, 5.74) is 1.21. The SMILES string of the molecule is COc1cccc(C(C)NCC2COCCO2)c1. The highest BCUT2D eigenvalue weighted by Crippen LogP contribution is 2.18. The van der Waals surface area contributed by atoms with E-state index >= 15 is 0 Å². The van der Waals surface area contributed by atoms with Crippen molar-refractivity contribution >= 4 is 0 Å². The molecule has 0 radical (unpaired) electrons. The summed E-state index contributed by atoms with van der Waals surface area (Å²) in [7, 11) is 1.68. The Morgan fingerprint density at radius 2 is 2.33 bits per heavy atom. The summed E-state index contributed by atoms with van der Waals surface area (Å²) in [6, 6.07) is 8.38. The zero-order chi connectivity index (χ0) is 12.8. The first-order valence-corrected chi connectivity index (χ1v) is 6.36. The maximum Gasteiger partial charge on any atom is 0.119 e. The van der Waals surface area contributed by atoms with Gasteiger partial charge in [0.2, 0.25) is 0 Å². The molecule has 18 heavy (non-hydrogen) atoms. The van der Waals surface area contributed by atoms with Gasteiger partial charge >= 0.3 is 0 Å². The van der Waals surface area contributed by atoms with E-state index in [1.165, 1.54) is 5.56 Å². The van der Waals surface area contributed by atoms with Gasteiger partial charge < -0.3 is 19.5 Å². The number of rotatable bonds is 5. The predicted octanol–water partition coefficient (Wildman–Crippen LogP) is 1.76. The molecule has 0 aliphatic carbocycles. The van der Waals surface area contributed by atoms with Crippen LogP contribution < -0.4 is 10.1 Å². The minimum absolute atomic E-state index is 0.159. The Labute approximate surface area is 108 Å². The quantitative estimate of drug-likeness (QED) is 0.865. The van der Waals surface area contributed by atoms with Crippen molar-refractivity contribution in [1.82, 2.24) is 5.32 Å². The molecule has 1 heterocycles. The van der Waals surface area contributed by atoms with Gasteiger partial charge in [0, 0.05) is 12.6 Å². The van der Waals surface area contributed by atoms with Crippen LogP contribution in [0.15, 0.2) is 24.3 Å². The van der Waals surface area contributed by atoms with Gasteiger partial charge in [-0.1, -0.05) is 12.1 Å². The first-order valence-electron chi connectivity index (χ1n) is 6.36. The van der Waals surface area contributed by atoms with Gasteiger partial charge in [-0.3, -0.25) is 0 Å². The van der Waals surface area contributed by atoms with E-state index in [-0.39, 0.29) is 12.1 Å². The molecule has 1 N–H and O–H groups in total. The summed E-state index contributed by atoms with van der Waals surface area (Å²) < 4.78 is 16.2. The number of ether oxygens (including phenoxy) is 3. The van der Waals surface area contributed by atoms with E-state index in [9.17, 15) is 0 Å². The Morgan fingerprint density at radius 1 is 1.44 bits per heavy atom. The van der Waals surface area contributed by atoms with Crippen LogP contribution >= 0.6 is 0 Å². The Kier molecular flexibility index (Phi) is 4.99. The van der Waals surface area contributed by atoms with Gasteiger partial charge in [-0.15, -0.1) is 0 Å². The zero-order valence-electron chi connectivity index (χ0n) is 11.0. The van der Waals surface area contributed by atoms with E-state index in [1.807, 2.05) is 12.1 Å². The lowest BCUT2D eigenvalue weighted by Gasteiger charge is -2.25. The normalized spacial score (nSPS) is 21.6. The third-order valence-electron chi connectivity index (χ3n) is 3.13. The smallest absolute Gasteiger partial charge is 0.119 e. The monoisotopic (exact) mass is 251 g/mol. The maximum absolute atomic E-state index is 5.60. The second-order valence-electron chi connectivity index (χ2n) is 4.47. The molecule has 1 aliphatic heterocycles. The fraction of sp³-hybridized carbons (Fsp3) is 0.571. The summed E-state index contributed by atoms with van der Waals surface area (Å²) in [5, 5.41) is 3.46. The minimum Gasteiger partial charge on any atom is -0.497 e. The van der Waals surface area contributed by atoms with E-state index < -0.39 is 0 Å². The van der Waals surface area contributed by atoms with Gasteiger partial charge in [0.15, 0.2) is 0 Å². The molecule has 4 heteroatoms. The summed E-state index contributed by atoms with van der Waals surface area (Å²) in [6.45, 7) is 5.02. The zero-order valence-corrected chi connectivity index (χ0v) is 11.0. The third-order valence-corrected chi connectivity index (χ3v) is 3.13. The highest BCUT2D eigenvalue weighted by Gasteiger charge is 2.15. The standard InChI is InChI=1S/C14H21NO3/c1-11(12-4-3-5-13(8-12)16-2)15-9-14-10-17-6-7-18-14/h3-5,8,11,14-15H,6-7,9-10H2,1-2H3.